The molecular weight excluding hydrogens is 363 g/mol. The molecule has 6 nitrogen and oxygen atoms in total. The van der Waals surface area contributed by atoms with Gasteiger partial charge in [0.15, 0.2) is 0 Å². The summed E-state index contributed by atoms with van der Waals surface area (Å²) < 4.78 is 49.0. The quantitative estimate of drug-likeness (QED) is 0.729. The van der Waals surface area contributed by atoms with Crippen molar-refractivity contribution in [1.29, 1.82) is 0 Å². The first-order valence-corrected chi connectivity index (χ1v) is 7.80. The summed E-state index contributed by atoms with van der Waals surface area (Å²) in [6.07, 6.45) is -4.93. The zero-order chi connectivity index (χ0) is 19.4. The molecule has 0 radical (unpaired) electrons. The minimum atomic E-state index is -4.57. The molecule has 2 aromatic carbocycles. The number of halogens is 3. The Labute approximate surface area is 152 Å². The fourth-order valence-corrected chi connectivity index (χ4v) is 2.36. The SMILES string of the molecule is COc1ccc(-c2noc(CC(=O)Nc3ccccc3C(F)(F)F)n2)cc1. The molecule has 3 rings (SSSR count). The van der Waals surface area contributed by atoms with Crippen molar-refractivity contribution in [2.45, 2.75) is 12.6 Å². The van der Waals surface area contributed by atoms with Crippen LogP contribution in [0.5, 0.6) is 5.75 Å². The van der Waals surface area contributed by atoms with Crippen LogP contribution in [0.3, 0.4) is 0 Å². The van der Waals surface area contributed by atoms with Gasteiger partial charge in [-0.3, -0.25) is 4.79 Å². The van der Waals surface area contributed by atoms with E-state index in [9.17, 15) is 18.0 Å². The number of hydrogen-bond acceptors (Lipinski definition) is 5. The van der Waals surface area contributed by atoms with Crippen LogP contribution in [0.2, 0.25) is 0 Å². The van der Waals surface area contributed by atoms with E-state index in [4.69, 9.17) is 9.26 Å². The number of aromatic nitrogens is 2. The third-order valence-electron chi connectivity index (χ3n) is 3.63. The minimum absolute atomic E-state index is 0.0113. The van der Waals surface area contributed by atoms with Crippen LogP contribution in [0.25, 0.3) is 11.4 Å². The number of carbonyl (C=O) groups is 1. The number of carbonyl (C=O) groups excluding carboxylic acids is 1. The van der Waals surface area contributed by atoms with Gasteiger partial charge in [-0.1, -0.05) is 17.3 Å². The van der Waals surface area contributed by atoms with Gasteiger partial charge in [0.1, 0.15) is 12.2 Å². The van der Waals surface area contributed by atoms with E-state index in [-0.39, 0.29) is 23.8 Å². The van der Waals surface area contributed by atoms with Crippen LogP contribution in [0.1, 0.15) is 11.5 Å². The summed E-state index contributed by atoms with van der Waals surface area (Å²) in [5.74, 6) is 0.209. The highest BCUT2D eigenvalue weighted by atomic mass is 19.4. The highest BCUT2D eigenvalue weighted by Gasteiger charge is 2.33. The van der Waals surface area contributed by atoms with E-state index in [2.05, 4.69) is 15.5 Å². The third kappa shape index (κ3) is 4.43. The van der Waals surface area contributed by atoms with Crippen molar-refractivity contribution in [3.8, 4) is 17.1 Å². The second-order valence-electron chi connectivity index (χ2n) is 5.51. The van der Waals surface area contributed by atoms with Crippen molar-refractivity contribution in [1.82, 2.24) is 10.1 Å². The van der Waals surface area contributed by atoms with Gasteiger partial charge in [0.05, 0.1) is 18.4 Å². The molecule has 0 aliphatic rings. The predicted octanol–water partition coefficient (Wildman–Crippen LogP) is 3.95. The average molecular weight is 377 g/mol. The van der Waals surface area contributed by atoms with Crippen molar-refractivity contribution < 1.29 is 27.2 Å². The lowest BCUT2D eigenvalue weighted by Crippen LogP contribution is -2.18. The zero-order valence-corrected chi connectivity index (χ0v) is 14.1. The number of alkyl halides is 3. The molecule has 1 heterocycles. The van der Waals surface area contributed by atoms with Gasteiger partial charge in [0, 0.05) is 5.56 Å². The van der Waals surface area contributed by atoms with Crippen LogP contribution in [-0.4, -0.2) is 23.2 Å². The van der Waals surface area contributed by atoms with E-state index in [1.165, 1.54) is 25.3 Å². The van der Waals surface area contributed by atoms with E-state index >= 15 is 0 Å². The van der Waals surface area contributed by atoms with E-state index in [0.717, 1.165) is 6.07 Å². The van der Waals surface area contributed by atoms with Gasteiger partial charge in [-0.15, -0.1) is 0 Å². The number of para-hydroxylation sites is 1. The largest absolute Gasteiger partial charge is 0.497 e. The molecule has 27 heavy (non-hydrogen) atoms. The van der Waals surface area contributed by atoms with E-state index < -0.39 is 17.6 Å². The summed E-state index contributed by atoms with van der Waals surface area (Å²) in [5.41, 5.74) is -0.610. The summed E-state index contributed by atoms with van der Waals surface area (Å²) in [6.45, 7) is 0. The molecule has 0 spiro atoms. The van der Waals surface area contributed by atoms with Crippen LogP contribution in [-0.2, 0) is 17.4 Å². The van der Waals surface area contributed by atoms with E-state index in [1.54, 1.807) is 24.3 Å². The molecule has 0 fully saturated rings. The lowest BCUT2D eigenvalue weighted by atomic mass is 10.1. The maximum Gasteiger partial charge on any atom is 0.418 e. The van der Waals surface area contributed by atoms with Crippen LogP contribution in [0.15, 0.2) is 53.1 Å². The molecule has 3 aromatic rings. The first-order chi connectivity index (χ1) is 12.9. The standard InChI is InChI=1S/C18H14F3N3O3/c1-26-12-8-6-11(7-9-12)17-23-16(27-24-17)10-15(25)22-14-5-3-2-4-13(14)18(19,20)21/h2-9H,10H2,1H3,(H,22,25). The lowest BCUT2D eigenvalue weighted by Gasteiger charge is -2.12. The molecule has 140 valence electrons. The monoisotopic (exact) mass is 377 g/mol. The van der Waals surface area contributed by atoms with Crippen molar-refractivity contribution in [3.05, 3.63) is 60.0 Å². The number of nitrogens with one attached hydrogen (secondary N) is 1. The number of amides is 1. The first kappa shape index (κ1) is 18.4. The van der Waals surface area contributed by atoms with Gasteiger partial charge < -0.3 is 14.6 Å². The van der Waals surface area contributed by atoms with E-state index in [0.29, 0.717) is 11.3 Å². The minimum Gasteiger partial charge on any atom is -0.497 e. The lowest BCUT2D eigenvalue weighted by molar-refractivity contribution is -0.137. The number of methoxy groups -OCH3 is 1. The summed E-state index contributed by atoms with van der Waals surface area (Å²) in [6, 6.07) is 11.6. The van der Waals surface area contributed by atoms with Crippen molar-refractivity contribution in [2.24, 2.45) is 0 Å². The Morgan fingerprint density at radius 1 is 1.15 bits per heavy atom. The van der Waals surface area contributed by atoms with Crippen LogP contribution in [0.4, 0.5) is 18.9 Å². The zero-order valence-electron chi connectivity index (χ0n) is 14.1. The van der Waals surface area contributed by atoms with E-state index in [1.807, 2.05) is 0 Å². The molecule has 1 aromatic heterocycles. The highest BCUT2D eigenvalue weighted by molar-refractivity contribution is 5.92. The van der Waals surface area contributed by atoms with Crippen LogP contribution in [0, 0.1) is 0 Å². The smallest absolute Gasteiger partial charge is 0.418 e. The normalized spacial score (nSPS) is 11.3. The third-order valence-corrected chi connectivity index (χ3v) is 3.63. The molecule has 0 saturated heterocycles. The molecule has 1 N–H and O–H groups in total. The number of benzene rings is 2. The molecule has 0 aliphatic heterocycles. The Kier molecular flexibility index (Phi) is 5.11. The molecule has 0 unspecified atom stereocenters. The number of nitrogens with zero attached hydrogens (tertiary/aromatic N) is 2. The average Bonchev–Trinajstić information content (AvgIpc) is 3.09. The molecule has 9 heteroatoms. The maximum absolute atomic E-state index is 13.0. The van der Waals surface area contributed by atoms with Crippen LogP contribution < -0.4 is 10.1 Å². The Bertz CT molecular complexity index is 937. The summed E-state index contributed by atoms with van der Waals surface area (Å²) in [4.78, 5) is 16.2. The Balaban J connectivity index is 1.70. The number of hydrogen-bond donors (Lipinski definition) is 1. The molecular formula is C18H14F3N3O3. The topological polar surface area (TPSA) is 77.2 Å². The van der Waals surface area contributed by atoms with Gasteiger partial charge in [-0.25, -0.2) is 0 Å². The Morgan fingerprint density at radius 2 is 1.85 bits per heavy atom. The molecule has 0 aliphatic carbocycles. The molecule has 0 saturated carbocycles. The van der Waals surface area contributed by atoms with Crippen molar-refractivity contribution >= 4 is 11.6 Å². The summed E-state index contributed by atoms with van der Waals surface area (Å²) in [5, 5.41) is 6.00. The van der Waals surface area contributed by atoms with Gasteiger partial charge in [0.2, 0.25) is 17.6 Å². The van der Waals surface area contributed by atoms with Gasteiger partial charge in [0.25, 0.3) is 0 Å². The van der Waals surface area contributed by atoms with Crippen molar-refractivity contribution in [3.63, 3.8) is 0 Å². The second kappa shape index (κ2) is 7.48. The maximum atomic E-state index is 13.0. The number of rotatable bonds is 5. The summed E-state index contributed by atoms with van der Waals surface area (Å²) in [7, 11) is 1.54. The highest BCUT2D eigenvalue weighted by Crippen LogP contribution is 2.34. The fraction of sp³-hybridized carbons (Fsp3) is 0.167. The first-order valence-electron chi connectivity index (χ1n) is 7.80. The summed E-state index contributed by atoms with van der Waals surface area (Å²) >= 11 is 0. The molecule has 0 bridgehead atoms. The van der Waals surface area contributed by atoms with Crippen molar-refractivity contribution in [2.75, 3.05) is 12.4 Å². The Hall–Kier alpha value is -3.36. The second-order valence-corrected chi connectivity index (χ2v) is 5.51. The van der Waals surface area contributed by atoms with Gasteiger partial charge in [-0.05, 0) is 36.4 Å². The fourth-order valence-electron chi connectivity index (χ4n) is 2.36. The Morgan fingerprint density at radius 3 is 2.52 bits per heavy atom. The van der Waals surface area contributed by atoms with Gasteiger partial charge >= 0.3 is 6.18 Å². The predicted molar refractivity (Wildman–Crippen MR) is 90.1 cm³/mol. The van der Waals surface area contributed by atoms with Gasteiger partial charge in [-0.2, -0.15) is 18.2 Å². The number of anilines is 1. The molecule has 0 atom stereocenters. The van der Waals surface area contributed by atoms with Crippen LogP contribution >= 0.6 is 0 Å². The molecule has 1 amide bonds. The number of ether oxygens (including phenoxy) is 1.